The lowest BCUT2D eigenvalue weighted by Gasteiger charge is -2.17. The van der Waals surface area contributed by atoms with Gasteiger partial charge in [0.05, 0.1) is 16.1 Å². The Morgan fingerprint density at radius 1 is 1.11 bits per heavy atom. The predicted octanol–water partition coefficient (Wildman–Crippen LogP) is 3.14. The summed E-state index contributed by atoms with van der Waals surface area (Å²) in [6, 6.07) is 9.43. The Morgan fingerprint density at radius 2 is 1.83 bits per heavy atom. The van der Waals surface area contributed by atoms with Crippen LogP contribution in [0.4, 0.5) is 0 Å². The summed E-state index contributed by atoms with van der Waals surface area (Å²) in [6.45, 7) is 0. The van der Waals surface area contributed by atoms with E-state index in [1.165, 1.54) is 0 Å². The van der Waals surface area contributed by atoms with Crippen molar-refractivity contribution >= 4 is 23.2 Å². The van der Waals surface area contributed by atoms with Gasteiger partial charge in [-0.3, -0.25) is 16.3 Å². The second-order valence-corrected chi connectivity index (χ2v) is 4.77. The lowest BCUT2D eigenvalue weighted by Crippen LogP contribution is -2.29. The van der Waals surface area contributed by atoms with Crippen LogP contribution >= 0.6 is 23.2 Å². The van der Waals surface area contributed by atoms with Crippen LogP contribution in [0.2, 0.25) is 10.0 Å². The second kappa shape index (κ2) is 6.16. The molecule has 0 fully saturated rings. The van der Waals surface area contributed by atoms with Crippen LogP contribution in [0.15, 0.2) is 42.7 Å². The monoisotopic (exact) mass is 281 g/mol. The van der Waals surface area contributed by atoms with Crippen molar-refractivity contribution in [3.8, 4) is 0 Å². The summed E-state index contributed by atoms with van der Waals surface area (Å²) in [7, 11) is 0. The van der Waals surface area contributed by atoms with Gasteiger partial charge in [-0.2, -0.15) is 0 Å². The molecule has 1 aromatic heterocycles. The maximum atomic E-state index is 6.01. The van der Waals surface area contributed by atoms with Gasteiger partial charge >= 0.3 is 0 Å². The van der Waals surface area contributed by atoms with Crippen molar-refractivity contribution in [2.45, 2.75) is 12.5 Å². The topological polar surface area (TPSA) is 50.9 Å². The largest absolute Gasteiger partial charge is 0.271 e. The van der Waals surface area contributed by atoms with Crippen molar-refractivity contribution in [3.63, 3.8) is 0 Å². The number of hydrogen-bond donors (Lipinski definition) is 2. The van der Waals surface area contributed by atoms with Gasteiger partial charge in [-0.1, -0.05) is 29.3 Å². The van der Waals surface area contributed by atoms with Gasteiger partial charge in [0.15, 0.2) is 0 Å². The van der Waals surface area contributed by atoms with Gasteiger partial charge in [-0.05, 0) is 41.8 Å². The minimum atomic E-state index is -0.0119. The molecule has 5 heteroatoms. The van der Waals surface area contributed by atoms with Crippen LogP contribution in [-0.4, -0.2) is 4.98 Å². The van der Waals surface area contributed by atoms with E-state index >= 15 is 0 Å². The summed E-state index contributed by atoms with van der Waals surface area (Å²) in [6.07, 6.45) is 4.28. The molecule has 2 aromatic rings. The van der Waals surface area contributed by atoms with Gasteiger partial charge in [0, 0.05) is 12.4 Å². The summed E-state index contributed by atoms with van der Waals surface area (Å²) in [4.78, 5) is 3.99. The summed E-state index contributed by atoms with van der Waals surface area (Å²) in [5, 5.41) is 1.07. The number of hydrogen-bond acceptors (Lipinski definition) is 3. The first kappa shape index (κ1) is 13.3. The van der Waals surface area contributed by atoms with Crippen molar-refractivity contribution in [1.82, 2.24) is 10.4 Å². The van der Waals surface area contributed by atoms with Gasteiger partial charge < -0.3 is 0 Å². The van der Waals surface area contributed by atoms with E-state index in [1.54, 1.807) is 18.5 Å². The number of nitrogens with zero attached hydrogens (tertiary/aromatic N) is 1. The Hall–Kier alpha value is -1.13. The van der Waals surface area contributed by atoms with Crippen molar-refractivity contribution in [2.24, 2.45) is 5.84 Å². The SMILES string of the molecule is NNC(Cc1ccncc1)c1ccc(Cl)c(Cl)c1. The molecule has 94 valence electrons. The molecule has 0 saturated heterocycles. The fourth-order valence-corrected chi connectivity index (χ4v) is 2.06. The van der Waals surface area contributed by atoms with Crippen molar-refractivity contribution in [1.29, 1.82) is 0 Å². The molecule has 2 rings (SSSR count). The summed E-state index contributed by atoms with van der Waals surface area (Å²) in [5.74, 6) is 5.60. The predicted molar refractivity (Wildman–Crippen MR) is 74.5 cm³/mol. The van der Waals surface area contributed by atoms with Gasteiger partial charge in [0.25, 0.3) is 0 Å². The van der Waals surface area contributed by atoms with Crippen molar-refractivity contribution in [2.75, 3.05) is 0 Å². The fraction of sp³-hybridized carbons (Fsp3) is 0.154. The van der Waals surface area contributed by atoms with Crippen LogP contribution in [0.25, 0.3) is 0 Å². The molecule has 1 atom stereocenters. The molecular weight excluding hydrogens is 269 g/mol. The van der Waals surface area contributed by atoms with Gasteiger partial charge in [0.2, 0.25) is 0 Å². The van der Waals surface area contributed by atoms with E-state index < -0.39 is 0 Å². The number of hydrazine groups is 1. The van der Waals surface area contributed by atoms with E-state index in [9.17, 15) is 0 Å². The van der Waals surface area contributed by atoms with Crippen LogP contribution in [0.1, 0.15) is 17.2 Å². The zero-order valence-corrected chi connectivity index (χ0v) is 11.1. The smallest absolute Gasteiger partial charge is 0.0595 e. The number of pyridine rings is 1. The number of rotatable bonds is 4. The minimum absolute atomic E-state index is 0.0119. The Kier molecular flexibility index (Phi) is 4.55. The number of nitrogens with two attached hydrogens (primary N) is 1. The molecule has 1 unspecified atom stereocenters. The molecule has 0 spiro atoms. The van der Waals surface area contributed by atoms with Crippen molar-refractivity contribution in [3.05, 3.63) is 63.9 Å². The lowest BCUT2D eigenvalue weighted by molar-refractivity contribution is 0.552. The molecule has 0 bridgehead atoms. The first-order valence-corrected chi connectivity index (χ1v) is 6.26. The van der Waals surface area contributed by atoms with Gasteiger partial charge in [0.1, 0.15) is 0 Å². The van der Waals surface area contributed by atoms with Crippen LogP contribution in [-0.2, 0) is 6.42 Å². The Bertz CT molecular complexity index is 517. The third-order valence-electron chi connectivity index (χ3n) is 2.74. The minimum Gasteiger partial charge on any atom is -0.271 e. The normalized spacial score (nSPS) is 12.4. The van der Waals surface area contributed by atoms with E-state index in [4.69, 9.17) is 29.0 Å². The third kappa shape index (κ3) is 3.21. The molecule has 3 N–H and O–H groups in total. The number of nitrogens with one attached hydrogen (secondary N) is 1. The third-order valence-corrected chi connectivity index (χ3v) is 3.48. The number of halogens is 2. The molecule has 0 aliphatic carbocycles. The first-order chi connectivity index (χ1) is 8.70. The van der Waals surface area contributed by atoms with Crippen molar-refractivity contribution < 1.29 is 0 Å². The quantitative estimate of drug-likeness (QED) is 0.669. The summed E-state index contributed by atoms with van der Waals surface area (Å²) >= 11 is 11.9. The Morgan fingerprint density at radius 3 is 2.44 bits per heavy atom. The maximum Gasteiger partial charge on any atom is 0.0595 e. The number of benzene rings is 1. The van der Waals surface area contributed by atoms with E-state index in [1.807, 2.05) is 24.3 Å². The molecule has 1 aromatic carbocycles. The van der Waals surface area contributed by atoms with Crippen LogP contribution in [0, 0.1) is 0 Å². The average Bonchev–Trinajstić information content (AvgIpc) is 2.40. The molecular formula is C13H13Cl2N3. The molecule has 0 saturated carbocycles. The highest BCUT2D eigenvalue weighted by Crippen LogP contribution is 2.26. The highest BCUT2D eigenvalue weighted by molar-refractivity contribution is 6.42. The first-order valence-electron chi connectivity index (χ1n) is 5.50. The summed E-state index contributed by atoms with van der Waals surface area (Å²) in [5.41, 5.74) is 4.95. The van der Waals surface area contributed by atoms with E-state index in [0.29, 0.717) is 10.0 Å². The van der Waals surface area contributed by atoms with Crippen LogP contribution < -0.4 is 11.3 Å². The van der Waals surface area contributed by atoms with Crippen LogP contribution in [0.5, 0.6) is 0 Å². The molecule has 1 heterocycles. The Labute approximate surface area is 116 Å². The Balaban J connectivity index is 2.20. The summed E-state index contributed by atoms with van der Waals surface area (Å²) < 4.78 is 0. The molecule has 0 amide bonds. The van der Waals surface area contributed by atoms with Crippen LogP contribution in [0.3, 0.4) is 0 Å². The molecule has 18 heavy (non-hydrogen) atoms. The highest BCUT2D eigenvalue weighted by atomic mass is 35.5. The second-order valence-electron chi connectivity index (χ2n) is 3.95. The molecule has 0 aliphatic heterocycles. The number of aromatic nitrogens is 1. The lowest BCUT2D eigenvalue weighted by atomic mass is 10.0. The zero-order chi connectivity index (χ0) is 13.0. The average molecular weight is 282 g/mol. The molecule has 3 nitrogen and oxygen atoms in total. The highest BCUT2D eigenvalue weighted by Gasteiger charge is 2.12. The van der Waals surface area contributed by atoms with E-state index in [2.05, 4.69) is 10.4 Å². The van der Waals surface area contributed by atoms with E-state index in [0.717, 1.165) is 17.5 Å². The maximum absolute atomic E-state index is 6.01. The zero-order valence-electron chi connectivity index (χ0n) is 9.61. The fourth-order valence-electron chi connectivity index (χ4n) is 1.76. The van der Waals surface area contributed by atoms with Gasteiger partial charge in [-0.25, -0.2) is 0 Å². The van der Waals surface area contributed by atoms with E-state index in [-0.39, 0.29) is 6.04 Å². The molecule has 0 aliphatic rings. The van der Waals surface area contributed by atoms with Gasteiger partial charge in [-0.15, -0.1) is 0 Å². The standard InChI is InChI=1S/C13H13Cl2N3/c14-11-2-1-10(8-12(11)15)13(18-16)7-9-3-5-17-6-4-9/h1-6,8,13,18H,7,16H2. The molecule has 0 radical (unpaired) electrons.